The Balaban J connectivity index is 2.10. The van der Waals surface area contributed by atoms with Gasteiger partial charge in [-0.1, -0.05) is 12.1 Å². The molecule has 2 atom stereocenters. The number of aryl methyl sites for hydroxylation is 1. The summed E-state index contributed by atoms with van der Waals surface area (Å²) in [7, 11) is 0. The maximum absolute atomic E-state index is 5.85. The average molecular weight is 198 g/mol. The van der Waals surface area contributed by atoms with Gasteiger partial charge in [-0.3, -0.25) is 4.98 Å². The molecule has 0 spiro atoms. The quantitative estimate of drug-likeness (QED) is 0.764. The minimum atomic E-state index is 0.376. The van der Waals surface area contributed by atoms with Gasteiger partial charge in [0, 0.05) is 23.0 Å². The lowest BCUT2D eigenvalue weighted by molar-refractivity contribution is 0.992. The van der Waals surface area contributed by atoms with Crippen LogP contribution in [0.5, 0.6) is 0 Å². The number of benzene rings is 1. The zero-order chi connectivity index (χ0) is 10.4. The lowest BCUT2D eigenvalue weighted by Crippen LogP contribution is -2.00. The van der Waals surface area contributed by atoms with Gasteiger partial charge in [-0.25, -0.2) is 0 Å². The number of nitrogens with two attached hydrogens (primary N) is 1. The van der Waals surface area contributed by atoms with Crippen LogP contribution >= 0.6 is 0 Å². The first-order valence-corrected chi connectivity index (χ1v) is 5.37. The predicted octanol–water partition coefficient (Wildman–Crippen LogP) is 2.36. The highest BCUT2D eigenvalue weighted by Gasteiger charge is 2.34. The monoisotopic (exact) mass is 198 g/mol. The number of aromatic nitrogens is 1. The molecule has 1 saturated carbocycles. The number of nitrogens with zero attached hydrogens (tertiary/aromatic N) is 1. The molecule has 1 aromatic heterocycles. The Morgan fingerprint density at radius 1 is 1.27 bits per heavy atom. The van der Waals surface area contributed by atoms with E-state index in [-0.39, 0.29) is 0 Å². The van der Waals surface area contributed by atoms with Crippen molar-refractivity contribution in [1.82, 2.24) is 4.98 Å². The van der Waals surface area contributed by atoms with E-state index in [1.807, 2.05) is 6.92 Å². The Morgan fingerprint density at radius 3 is 2.80 bits per heavy atom. The van der Waals surface area contributed by atoms with Gasteiger partial charge >= 0.3 is 0 Å². The van der Waals surface area contributed by atoms with Gasteiger partial charge in [0.1, 0.15) is 0 Å². The Labute approximate surface area is 89.1 Å². The van der Waals surface area contributed by atoms with E-state index in [0.29, 0.717) is 12.0 Å². The topological polar surface area (TPSA) is 38.9 Å². The third kappa shape index (κ3) is 1.51. The fraction of sp³-hybridized carbons (Fsp3) is 0.308. The van der Waals surface area contributed by atoms with E-state index < -0.39 is 0 Å². The van der Waals surface area contributed by atoms with Crippen LogP contribution in [0.2, 0.25) is 0 Å². The van der Waals surface area contributed by atoms with Crippen LogP contribution in [-0.2, 0) is 0 Å². The summed E-state index contributed by atoms with van der Waals surface area (Å²) >= 11 is 0. The van der Waals surface area contributed by atoms with Gasteiger partial charge < -0.3 is 5.73 Å². The molecule has 0 amide bonds. The van der Waals surface area contributed by atoms with E-state index in [1.54, 1.807) is 0 Å². The van der Waals surface area contributed by atoms with Crippen LogP contribution in [0.25, 0.3) is 10.9 Å². The number of hydrogen-bond donors (Lipinski definition) is 1. The van der Waals surface area contributed by atoms with Gasteiger partial charge in [0.15, 0.2) is 0 Å². The Kier molecular flexibility index (Phi) is 1.80. The van der Waals surface area contributed by atoms with E-state index >= 15 is 0 Å². The summed E-state index contributed by atoms with van der Waals surface area (Å²) in [6.07, 6.45) is 1.13. The van der Waals surface area contributed by atoms with Crippen molar-refractivity contribution in [3.05, 3.63) is 41.6 Å². The molecular formula is C13H14N2. The van der Waals surface area contributed by atoms with Crippen molar-refractivity contribution >= 4 is 10.9 Å². The van der Waals surface area contributed by atoms with E-state index in [9.17, 15) is 0 Å². The standard InChI is InChI=1S/C13H14N2/c1-8-2-3-10-6-9(11-7-12(11)14)4-5-13(10)15-8/h2-6,11-12H,7,14H2,1H3. The summed E-state index contributed by atoms with van der Waals surface area (Å²) in [5.41, 5.74) is 9.36. The van der Waals surface area contributed by atoms with Crippen LogP contribution in [0.15, 0.2) is 30.3 Å². The van der Waals surface area contributed by atoms with Crippen LogP contribution in [-0.4, -0.2) is 11.0 Å². The molecule has 76 valence electrons. The molecule has 0 aliphatic heterocycles. The predicted molar refractivity (Wildman–Crippen MR) is 61.8 cm³/mol. The third-order valence-corrected chi connectivity index (χ3v) is 3.12. The molecular weight excluding hydrogens is 184 g/mol. The SMILES string of the molecule is Cc1ccc2cc(C3CC3N)ccc2n1. The van der Waals surface area contributed by atoms with Gasteiger partial charge in [-0.05, 0) is 37.1 Å². The molecule has 2 heteroatoms. The smallest absolute Gasteiger partial charge is 0.0705 e. The molecule has 2 N–H and O–H groups in total. The second-order valence-electron chi connectivity index (χ2n) is 4.41. The van der Waals surface area contributed by atoms with E-state index in [0.717, 1.165) is 17.6 Å². The largest absolute Gasteiger partial charge is 0.327 e. The van der Waals surface area contributed by atoms with Crippen molar-refractivity contribution < 1.29 is 0 Å². The number of fused-ring (bicyclic) bond motifs is 1. The molecule has 2 aromatic rings. The first kappa shape index (κ1) is 8.86. The first-order valence-electron chi connectivity index (χ1n) is 5.37. The Bertz CT molecular complexity index is 519. The summed E-state index contributed by atoms with van der Waals surface area (Å²) in [6.45, 7) is 2.02. The van der Waals surface area contributed by atoms with Crippen molar-refractivity contribution in [3.63, 3.8) is 0 Å². The highest BCUT2D eigenvalue weighted by molar-refractivity contribution is 5.79. The molecule has 0 radical (unpaired) electrons. The van der Waals surface area contributed by atoms with E-state index in [4.69, 9.17) is 5.73 Å². The van der Waals surface area contributed by atoms with Crippen molar-refractivity contribution in [2.24, 2.45) is 5.73 Å². The normalized spacial score (nSPS) is 24.4. The third-order valence-electron chi connectivity index (χ3n) is 3.12. The van der Waals surface area contributed by atoms with Crippen molar-refractivity contribution in [2.45, 2.75) is 25.3 Å². The molecule has 1 fully saturated rings. The summed E-state index contributed by atoms with van der Waals surface area (Å²) in [5.74, 6) is 0.579. The summed E-state index contributed by atoms with van der Waals surface area (Å²) in [6, 6.07) is 11.0. The van der Waals surface area contributed by atoms with Crippen LogP contribution in [0.4, 0.5) is 0 Å². The zero-order valence-corrected chi connectivity index (χ0v) is 8.77. The molecule has 1 heterocycles. The molecule has 2 unspecified atom stereocenters. The highest BCUT2D eigenvalue weighted by atomic mass is 14.7. The lowest BCUT2D eigenvalue weighted by Gasteiger charge is -2.02. The van der Waals surface area contributed by atoms with Crippen LogP contribution < -0.4 is 5.73 Å². The maximum Gasteiger partial charge on any atom is 0.0705 e. The zero-order valence-electron chi connectivity index (χ0n) is 8.77. The second-order valence-corrected chi connectivity index (χ2v) is 4.41. The van der Waals surface area contributed by atoms with Gasteiger partial charge in [-0.15, -0.1) is 0 Å². The fourth-order valence-corrected chi connectivity index (χ4v) is 2.07. The molecule has 0 saturated heterocycles. The number of pyridine rings is 1. The molecule has 15 heavy (non-hydrogen) atoms. The maximum atomic E-state index is 5.85. The highest BCUT2D eigenvalue weighted by Crippen LogP contribution is 2.39. The van der Waals surface area contributed by atoms with Crippen molar-refractivity contribution in [3.8, 4) is 0 Å². The molecule has 1 aliphatic rings. The van der Waals surface area contributed by atoms with Crippen molar-refractivity contribution in [1.29, 1.82) is 0 Å². The summed E-state index contributed by atoms with van der Waals surface area (Å²) < 4.78 is 0. The second kappa shape index (κ2) is 3.04. The first-order chi connectivity index (χ1) is 7.24. The van der Waals surface area contributed by atoms with Gasteiger partial charge in [0.25, 0.3) is 0 Å². The summed E-state index contributed by atoms with van der Waals surface area (Å²) in [4.78, 5) is 4.48. The van der Waals surface area contributed by atoms with Crippen molar-refractivity contribution in [2.75, 3.05) is 0 Å². The van der Waals surface area contributed by atoms with E-state index in [1.165, 1.54) is 10.9 Å². The minimum absolute atomic E-state index is 0.376. The van der Waals surface area contributed by atoms with Gasteiger partial charge in [-0.2, -0.15) is 0 Å². The van der Waals surface area contributed by atoms with Gasteiger partial charge in [0.05, 0.1) is 5.52 Å². The van der Waals surface area contributed by atoms with Crippen LogP contribution in [0, 0.1) is 6.92 Å². The molecule has 1 aromatic carbocycles. The average Bonchev–Trinajstić information content (AvgIpc) is 2.95. The van der Waals surface area contributed by atoms with Crippen LogP contribution in [0.1, 0.15) is 23.6 Å². The van der Waals surface area contributed by atoms with Crippen LogP contribution in [0.3, 0.4) is 0 Å². The fourth-order valence-electron chi connectivity index (χ4n) is 2.07. The molecule has 3 rings (SSSR count). The van der Waals surface area contributed by atoms with Gasteiger partial charge in [0.2, 0.25) is 0 Å². The summed E-state index contributed by atoms with van der Waals surface area (Å²) in [5, 5.41) is 1.22. The molecule has 2 nitrogen and oxygen atoms in total. The minimum Gasteiger partial charge on any atom is -0.327 e. The Hall–Kier alpha value is -1.41. The number of rotatable bonds is 1. The lowest BCUT2D eigenvalue weighted by atomic mass is 10.1. The Morgan fingerprint density at radius 2 is 2.07 bits per heavy atom. The number of hydrogen-bond acceptors (Lipinski definition) is 2. The van der Waals surface area contributed by atoms with E-state index in [2.05, 4.69) is 35.3 Å². The molecule has 1 aliphatic carbocycles. The molecule has 0 bridgehead atoms.